The average Bonchev–Trinajstić information content (AvgIpc) is 2.47. The number of para-hydroxylation sites is 2. The molecular weight excluding hydrogens is 254 g/mol. The van der Waals surface area contributed by atoms with E-state index in [1.165, 1.54) is 0 Å². The first kappa shape index (κ1) is 13.9. The summed E-state index contributed by atoms with van der Waals surface area (Å²) in [6.07, 6.45) is 2.43. The zero-order valence-electron chi connectivity index (χ0n) is 11.1. The molecule has 1 heterocycles. The van der Waals surface area contributed by atoms with Crippen LogP contribution in [0.15, 0.2) is 48.7 Å². The highest BCUT2D eigenvalue weighted by molar-refractivity contribution is 5.77. The molecule has 0 unspecified atom stereocenters. The number of hydrogen-bond acceptors (Lipinski definition) is 4. The number of rotatable bonds is 6. The van der Waals surface area contributed by atoms with E-state index in [4.69, 9.17) is 10.5 Å². The van der Waals surface area contributed by atoms with Crippen LogP contribution in [0.25, 0.3) is 0 Å². The van der Waals surface area contributed by atoms with E-state index < -0.39 is 0 Å². The SMILES string of the molecule is Nc1ccccc1OCC(=O)NCCc1ccccn1. The monoisotopic (exact) mass is 271 g/mol. The number of nitrogen functional groups attached to an aromatic ring is 1. The normalized spacial score (nSPS) is 10.0. The Morgan fingerprint density at radius 1 is 1.20 bits per heavy atom. The number of carbonyl (C=O) groups is 1. The zero-order chi connectivity index (χ0) is 14.2. The quantitative estimate of drug-likeness (QED) is 0.779. The van der Waals surface area contributed by atoms with Crippen LogP contribution in [0.1, 0.15) is 5.69 Å². The summed E-state index contributed by atoms with van der Waals surface area (Å²) in [4.78, 5) is 15.8. The first-order valence-corrected chi connectivity index (χ1v) is 6.39. The summed E-state index contributed by atoms with van der Waals surface area (Å²) in [5.41, 5.74) is 7.19. The zero-order valence-corrected chi connectivity index (χ0v) is 11.1. The summed E-state index contributed by atoms with van der Waals surface area (Å²) < 4.78 is 5.35. The molecule has 3 N–H and O–H groups in total. The molecule has 5 heteroatoms. The van der Waals surface area contributed by atoms with Gasteiger partial charge in [0.1, 0.15) is 5.75 Å². The molecule has 2 rings (SSSR count). The second-order valence-corrected chi connectivity index (χ2v) is 4.25. The minimum absolute atomic E-state index is 0.0452. The van der Waals surface area contributed by atoms with Crippen LogP contribution in [0.5, 0.6) is 5.75 Å². The number of pyridine rings is 1. The fraction of sp³-hybridized carbons (Fsp3) is 0.200. The Labute approximate surface area is 117 Å². The standard InChI is InChI=1S/C15H17N3O2/c16-13-6-1-2-7-14(13)20-11-15(19)18-10-8-12-5-3-4-9-17-12/h1-7,9H,8,10-11,16H2,(H,18,19). The van der Waals surface area contributed by atoms with Gasteiger partial charge in [-0.1, -0.05) is 18.2 Å². The number of carbonyl (C=O) groups excluding carboxylic acids is 1. The van der Waals surface area contributed by atoms with Crippen molar-refractivity contribution in [3.05, 3.63) is 54.4 Å². The Morgan fingerprint density at radius 2 is 2.00 bits per heavy atom. The van der Waals surface area contributed by atoms with Gasteiger partial charge in [-0.3, -0.25) is 9.78 Å². The maximum atomic E-state index is 11.6. The lowest BCUT2D eigenvalue weighted by Gasteiger charge is -2.09. The largest absolute Gasteiger partial charge is 0.482 e. The van der Waals surface area contributed by atoms with E-state index in [1.807, 2.05) is 30.3 Å². The van der Waals surface area contributed by atoms with Crippen molar-refractivity contribution in [2.75, 3.05) is 18.9 Å². The van der Waals surface area contributed by atoms with Gasteiger partial charge in [0.2, 0.25) is 0 Å². The smallest absolute Gasteiger partial charge is 0.257 e. The lowest BCUT2D eigenvalue weighted by atomic mass is 10.3. The van der Waals surface area contributed by atoms with Gasteiger partial charge in [-0.15, -0.1) is 0 Å². The van der Waals surface area contributed by atoms with Gasteiger partial charge in [-0.2, -0.15) is 0 Å². The molecule has 0 saturated carbocycles. The number of nitrogens with two attached hydrogens (primary N) is 1. The predicted octanol–water partition coefficient (Wildman–Crippen LogP) is 1.40. The number of anilines is 1. The molecule has 0 fully saturated rings. The first-order valence-electron chi connectivity index (χ1n) is 6.39. The van der Waals surface area contributed by atoms with E-state index >= 15 is 0 Å². The minimum Gasteiger partial charge on any atom is -0.482 e. The van der Waals surface area contributed by atoms with Crippen LogP contribution in [-0.2, 0) is 11.2 Å². The Balaban J connectivity index is 1.70. The first-order chi connectivity index (χ1) is 9.75. The van der Waals surface area contributed by atoms with E-state index in [0.29, 0.717) is 24.4 Å². The molecule has 20 heavy (non-hydrogen) atoms. The molecule has 0 bridgehead atoms. The maximum Gasteiger partial charge on any atom is 0.257 e. The van der Waals surface area contributed by atoms with Crippen LogP contribution >= 0.6 is 0 Å². The molecule has 1 aromatic heterocycles. The number of nitrogens with one attached hydrogen (secondary N) is 1. The summed E-state index contributed by atoms with van der Waals surface area (Å²) in [6, 6.07) is 12.8. The summed E-state index contributed by atoms with van der Waals surface area (Å²) in [7, 11) is 0. The van der Waals surface area contributed by atoms with Crippen molar-refractivity contribution in [3.8, 4) is 5.75 Å². The molecule has 0 aliphatic carbocycles. The number of amides is 1. The van der Waals surface area contributed by atoms with Crippen molar-refractivity contribution in [3.63, 3.8) is 0 Å². The van der Waals surface area contributed by atoms with Gasteiger partial charge < -0.3 is 15.8 Å². The third-order valence-corrected chi connectivity index (χ3v) is 2.71. The Bertz CT molecular complexity index is 558. The molecule has 2 aromatic rings. The van der Waals surface area contributed by atoms with Crippen molar-refractivity contribution in [1.29, 1.82) is 0 Å². The highest BCUT2D eigenvalue weighted by atomic mass is 16.5. The Morgan fingerprint density at radius 3 is 2.75 bits per heavy atom. The molecule has 104 valence electrons. The molecule has 1 amide bonds. The van der Waals surface area contributed by atoms with Gasteiger partial charge in [0, 0.05) is 24.9 Å². The van der Waals surface area contributed by atoms with Crippen LogP contribution in [0.2, 0.25) is 0 Å². The van der Waals surface area contributed by atoms with Crippen molar-refractivity contribution < 1.29 is 9.53 Å². The molecule has 5 nitrogen and oxygen atoms in total. The average molecular weight is 271 g/mol. The van der Waals surface area contributed by atoms with Gasteiger partial charge in [-0.05, 0) is 24.3 Å². The van der Waals surface area contributed by atoms with Crippen molar-refractivity contribution in [2.24, 2.45) is 0 Å². The van der Waals surface area contributed by atoms with Gasteiger partial charge in [-0.25, -0.2) is 0 Å². The molecule has 0 saturated heterocycles. The van der Waals surface area contributed by atoms with E-state index in [2.05, 4.69) is 10.3 Å². The van der Waals surface area contributed by atoms with Crippen LogP contribution in [0.4, 0.5) is 5.69 Å². The predicted molar refractivity (Wildman–Crippen MR) is 77.3 cm³/mol. The highest BCUT2D eigenvalue weighted by Gasteiger charge is 2.04. The fourth-order valence-corrected chi connectivity index (χ4v) is 1.68. The van der Waals surface area contributed by atoms with Gasteiger partial charge >= 0.3 is 0 Å². The second kappa shape index (κ2) is 7.13. The molecular formula is C15H17N3O2. The number of hydrogen-bond donors (Lipinski definition) is 2. The topological polar surface area (TPSA) is 77.2 Å². The molecule has 0 aliphatic rings. The third-order valence-electron chi connectivity index (χ3n) is 2.71. The number of ether oxygens (including phenoxy) is 1. The van der Waals surface area contributed by atoms with Crippen molar-refractivity contribution in [1.82, 2.24) is 10.3 Å². The molecule has 0 radical (unpaired) electrons. The van der Waals surface area contributed by atoms with Crippen molar-refractivity contribution >= 4 is 11.6 Å². The van der Waals surface area contributed by atoms with Crippen LogP contribution in [0, 0.1) is 0 Å². The van der Waals surface area contributed by atoms with E-state index in [0.717, 1.165) is 5.69 Å². The summed E-state index contributed by atoms with van der Waals surface area (Å²) in [5.74, 6) is 0.344. The number of nitrogens with zero attached hydrogens (tertiary/aromatic N) is 1. The van der Waals surface area contributed by atoms with Gasteiger partial charge in [0.05, 0.1) is 5.69 Å². The van der Waals surface area contributed by atoms with Crippen LogP contribution in [-0.4, -0.2) is 24.0 Å². The Hall–Kier alpha value is -2.56. The number of aromatic nitrogens is 1. The second-order valence-electron chi connectivity index (χ2n) is 4.25. The number of benzene rings is 1. The lowest BCUT2D eigenvalue weighted by molar-refractivity contribution is -0.123. The summed E-state index contributed by atoms with van der Waals surface area (Å²) >= 11 is 0. The van der Waals surface area contributed by atoms with E-state index in [-0.39, 0.29) is 12.5 Å². The lowest BCUT2D eigenvalue weighted by Crippen LogP contribution is -2.30. The van der Waals surface area contributed by atoms with E-state index in [9.17, 15) is 4.79 Å². The molecule has 0 atom stereocenters. The van der Waals surface area contributed by atoms with Crippen molar-refractivity contribution in [2.45, 2.75) is 6.42 Å². The van der Waals surface area contributed by atoms with Gasteiger partial charge in [0.15, 0.2) is 6.61 Å². The fourth-order valence-electron chi connectivity index (χ4n) is 1.68. The highest BCUT2D eigenvalue weighted by Crippen LogP contribution is 2.19. The third kappa shape index (κ3) is 4.28. The van der Waals surface area contributed by atoms with Crippen LogP contribution < -0.4 is 15.8 Å². The summed E-state index contributed by atoms with van der Waals surface area (Å²) in [5, 5.41) is 2.78. The maximum absolute atomic E-state index is 11.6. The molecule has 0 aliphatic heterocycles. The Kier molecular flexibility index (Phi) is 4.94. The van der Waals surface area contributed by atoms with E-state index in [1.54, 1.807) is 18.3 Å². The van der Waals surface area contributed by atoms with Gasteiger partial charge in [0.25, 0.3) is 5.91 Å². The molecule has 1 aromatic carbocycles. The summed E-state index contributed by atoms with van der Waals surface area (Å²) in [6.45, 7) is 0.486. The van der Waals surface area contributed by atoms with Crippen LogP contribution in [0.3, 0.4) is 0 Å². The molecule has 0 spiro atoms. The minimum atomic E-state index is -0.177.